The molecule has 0 saturated carbocycles. The molecule has 3 heterocycles. The summed E-state index contributed by atoms with van der Waals surface area (Å²) in [6.45, 7) is 0. The Morgan fingerprint density at radius 3 is 3.00 bits per heavy atom. The summed E-state index contributed by atoms with van der Waals surface area (Å²) < 4.78 is 5.73. The molecule has 0 bridgehead atoms. The average molecular weight is 251 g/mol. The van der Waals surface area contributed by atoms with Gasteiger partial charge in [0, 0.05) is 17.0 Å². The van der Waals surface area contributed by atoms with Gasteiger partial charge < -0.3 is 9.72 Å². The third-order valence-electron chi connectivity index (χ3n) is 2.90. The number of nitrogens with zero attached hydrogens (tertiary/aromatic N) is 3. The lowest BCUT2D eigenvalue weighted by molar-refractivity contribution is 0.451. The number of nitrogens with one attached hydrogen (secondary N) is 2. The molecule has 0 unspecified atom stereocenters. The zero-order chi connectivity index (χ0) is 12.7. The summed E-state index contributed by atoms with van der Waals surface area (Å²) in [5, 5.41) is 8.01. The van der Waals surface area contributed by atoms with Gasteiger partial charge in [0.05, 0.1) is 6.20 Å². The Bertz CT molecular complexity index is 830. The average Bonchev–Trinajstić information content (AvgIpc) is 3.03. The third-order valence-corrected chi connectivity index (χ3v) is 2.90. The van der Waals surface area contributed by atoms with Gasteiger partial charge in [-0.15, -0.1) is 5.10 Å². The minimum Gasteiger partial charge on any atom is -0.419 e. The maximum absolute atomic E-state index is 5.73. The molecule has 0 aliphatic carbocycles. The molecule has 0 fully saturated rings. The molecule has 0 atom stereocenters. The molecule has 4 aromatic rings. The Morgan fingerprint density at radius 1 is 1.11 bits per heavy atom. The van der Waals surface area contributed by atoms with E-state index < -0.39 is 0 Å². The molecule has 0 aliphatic heterocycles. The van der Waals surface area contributed by atoms with Crippen LogP contribution in [0.5, 0.6) is 11.8 Å². The Labute approximate surface area is 107 Å². The second-order valence-electron chi connectivity index (χ2n) is 4.14. The van der Waals surface area contributed by atoms with E-state index in [4.69, 9.17) is 4.74 Å². The van der Waals surface area contributed by atoms with Crippen molar-refractivity contribution in [2.45, 2.75) is 0 Å². The first kappa shape index (κ1) is 10.1. The molecule has 0 radical (unpaired) electrons. The molecule has 19 heavy (non-hydrogen) atoms. The number of ether oxygens (including phenoxy) is 1. The van der Waals surface area contributed by atoms with Gasteiger partial charge in [0.15, 0.2) is 5.52 Å². The van der Waals surface area contributed by atoms with Crippen molar-refractivity contribution >= 4 is 21.9 Å². The van der Waals surface area contributed by atoms with Crippen molar-refractivity contribution in [3.05, 3.63) is 42.9 Å². The number of aromatic amines is 2. The number of benzene rings is 1. The van der Waals surface area contributed by atoms with Crippen molar-refractivity contribution in [1.82, 2.24) is 25.1 Å². The topological polar surface area (TPSA) is 79.5 Å². The van der Waals surface area contributed by atoms with E-state index in [9.17, 15) is 0 Å². The van der Waals surface area contributed by atoms with E-state index in [2.05, 4.69) is 25.1 Å². The van der Waals surface area contributed by atoms with Crippen LogP contribution in [0.15, 0.2) is 42.9 Å². The van der Waals surface area contributed by atoms with Gasteiger partial charge in [-0.2, -0.15) is 0 Å². The standard InChI is InChI=1S/C13H9N5O/c1-2-4-9-8(3-1)5-11(16-9)19-13-12-10(17-18-13)6-14-7-15-12/h1-7,16H,(H,17,18). The summed E-state index contributed by atoms with van der Waals surface area (Å²) in [6, 6.07) is 9.89. The fourth-order valence-corrected chi connectivity index (χ4v) is 2.02. The Hall–Kier alpha value is -2.89. The van der Waals surface area contributed by atoms with Crippen molar-refractivity contribution < 1.29 is 4.74 Å². The van der Waals surface area contributed by atoms with E-state index in [-0.39, 0.29) is 0 Å². The minimum absolute atomic E-state index is 0.434. The molecule has 3 aromatic heterocycles. The second-order valence-corrected chi connectivity index (χ2v) is 4.14. The largest absolute Gasteiger partial charge is 0.419 e. The van der Waals surface area contributed by atoms with Gasteiger partial charge in [0.2, 0.25) is 5.88 Å². The maximum Gasteiger partial charge on any atom is 0.266 e. The van der Waals surface area contributed by atoms with Crippen LogP contribution in [0.4, 0.5) is 0 Å². The van der Waals surface area contributed by atoms with E-state index in [1.807, 2.05) is 30.3 Å². The molecule has 6 heteroatoms. The first-order valence-electron chi connectivity index (χ1n) is 5.80. The normalized spacial score (nSPS) is 11.2. The Morgan fingerprint density at radius 2 is 2.05 bits per heavy atom. The van der Waals surface area contributed by atoms with Crippen molar-refractivity contribution in [3.63, 3.8) is 0 Å². The highest BCUT2D eigenvalue weighted by Crippen LogP contribution is 2.27. The number of hydrogen-bond acceptors (Lipinski definition) is 4. The molecule has 1 aromatic carbocycles. The first-order chi connectivity index (χ1) is 9.40. The van der Waals surface area contributed by atoms with Crippen LogP contribution in [-0.4, -0.2) is 25.1 Å². The Balaban J connectivity index is 1.78. The molecule has 4 rings (SSSR count). The van der Waals surface area contributed by atoms with E-state index in [1.54, 1.807) is 6.20 Å². The van der Waals surface area contributed by atoms with E-state index in [0.717, 1.165) is 16.4 Å². The molecule has 0 spiro atoms. The van der Waals surface area contributed by atoms with Gasteiger partial charge in [0.25, 0.3) is 5.88 Å². The fraction of sp³-hybridized carbons (Fsp3) is 0. The lowest BCUT2D eigenvalue weighted by Crippen LogP contribution is -1.86. The van der Waals surface area contributed by atoms with Crippen LogP contribution in [0.25, 0.3) is 21.9 Å². The van der Waals surface area contributed by atoms with Crippen LogP contribution in [0, 0.1) is 0 Å². The van der Waals surface area contributed by atoms with Gasteiger partial charge in [-0.1, -0.05) is 18.2 Å². The van der Waals surface area contributed by atoms with Crippen molar-refractivity contribution in [2.75, 3.05) is 0 Å². The van der Waals surface area contributed by atoms with Gasteiger partial charge in [-0.25, -0.2) is 9.97 Å². The quantitative estimate of drug-likeness (QED) is 0.574. The smallest absolute Gasteiger partial charge is 0.266 e. The van der Waals surface area contributed by atoms with Crippen LogP contribution >= 0.6 is 0 Å². The van der Waals surface area contributed by atoms with E-state index >= 15 is 0 Å². The zero-order valence-corrected chi connectivity index (χ0v) is 9.79. The summed E-state index contributed by atoms with van der Waals surface area (Å²) in [7, 11) is 0. The summed E-state index contributed by atoms with van der Waals surface area (Å²) in [4.78, 5) is 11.2. The zero-order valence-electron chi connectivity index (χ0n) is 9.79. The first-order valence-corrected chi connectivity index (χ1v) is 5.80. The third kappa shape index (κ3) is 1.61. The van der Waals surface area contributed by atoms with Gasteiger partial charge in [-0.3, -0.25) is 5.10 Å². The molecular weight excluding hydrogens is 242 g/mol. The van der Waals surface area contributed by atoms with Crippen LogP contribution in [-0.2, 0) is 0 Å². The monoisotopic (exact) mass is 251 g/mol. The number of rotatable bonds is 2. The van der Waals surface area contributed by atoms with Crippen molar-refractivity contribution in [2.24, 2.45) is 0 Å². The van der Waals surface area contributed by atoms with Crippen LogP contribution in [0.3, 0.4) is 0 Å². The molecule has 6 nitrogen and oxygen atoms in total. The number of aromatic nitrogens is 5. The van der Waals surface area contributed by atoms with Crippen molar-refractivity contribution in [3.8, 4) is 11.8 Å². The summed E-state index contributed by atoms with van der Waals surface area (Å²) >= 11 is 0. The lowest BCUT2D eigenvalue weighted by Gasteiger charge is -1.97. The highest BCUT2D eigenvalue weighted by Gasteiger charge is 2.10. The molecule has 0 saturated heterocycles. The maximum atomic E-state index is 5.73. The summed E-state index contributed by atoms with van der Waals surface area (Å²) in [5.74, 6) is 1.07. The Kier molecular flexibility index (Phi) is 2.02. The molecular formula is C13H9N5O. The van der Waals surface area contributed by atoms with Gasteiger partial charge in [-0.05, 0) is 6.07 Å². The van der Waals surface area contributed by atoms with Crippen LogP contribution < -0.4 is 4.74 Å². The highest BCUT2D eigenvalue weighted by atomic mass is 16.5. The molecule has 0 amide bonds. The SMILES string of the molecule is c1ccc2[nH]c(Oc3n[nH]c4cncnc34)cc2c1. The van der Waals surface area contributed by atoms with Gasteiger partial charge >= 0.3 is 0 Å². The molecule has 0 aliphatic rings. The predicted molar refractivity (Wildman–Crippen MR) is 70.1 cm³/mol. The number of H-pyrrole nitrogens is 2. The highest BCUT2D eigenvalue weighted by molar-refractivity contribution is 5.82. The number of hydrogen-bond donors (Lipinski definition) is 2. The minimum atomic E-state index is 0.434. The predicted octanol–water partition coefficient (Wildman–Crippen LogP) is 2.63. The van der Waals surface area contributed by atoms with Gasteiger partial charge in [0.1, 0.15) is 11.8 Å². The molecule has 92 valence electrons. The summed E-state index contributed by atoms with van der Waals surface area (Å²) in [6.07, 6.45) is 3.13. The number of para-hydroxylation sites is 1. The van der Waals surface area contributed by atoms with E-state index in [0.29, 0.717) is 17.3 Å². The molecule has 2 N–H and O–H groups in total. The van der Waals surface area contributed by atoms with E-state index in [1.165, 1.54) is 6.33 Å². The fourth-order valence-electron chi connectivity index (χ4n) is 2.02. The van der Waals surface area contributed by atoms with Crippen molar-refractivity contribution in [1.29, 1.82) is 0 Å². The number of fused-ring (bicyclic) bond motifs is 2. The van der Waals surface area contributed by atoms with Crippen LogP contribution in [0.1, 0.15) is 0 Å². The summed E-state index contributed by atoms with van der Waals surface area (Å²) in [5.41, 5.74) is 2.43. The van der Waals surface area contributed by atoms with Crippen LogP contribution in [0.2, 0.25) is 0 Å². The lowest BCUT2D eigenvalue weighted by atomic mass is 10.3. The second kappa shape index (κ2) is 3.81.